The van der Waals surface area contributed by atoms with Gasteiger partial charge >= 0.3 is 0 Å². The molecule has 0 heteroatoms. The molecule has 0 N–H and O–H groups in total. The highest BCUT2D eigenvalue weighted by Crippen LogP contribution is 2.15. The van der Waals surface area contributed by atoms with E-state index in [1.807, 2.05) is 0 Å². The first-order valence-electron chi connectivity index (χ1n) is 8.99. The number of unbranched alkanes of at least 4 members (excludes halogenated alkanes) is 1. The molecule has 24 heavy (non-hydrogen) atoms. The van der Waals surface area contributed by atoms with Gasteiger partial charge in [0.2, 0.25) is 0 Å². The Morgan fingerprint density at radius 2 is 1.38 bits per heavy atom. The van der Waals surface area contributed by atoms with E-state index in [2.05, 4.69) is 98.0 Å². The summed E-state index contributed by atoms with van der Waals surface area (Å²) in [7, 11) is 0. The SMILES string of the molecule is CCCC/C(=C/C/C=C/c1ccccc1)C/C=C/c1ccccc1. The normalized spacial score (nSPS) is 12.3. The van der Waals surface area contributed by atoms with Crippen LogP contribution in [-0.2, 0) is 0 Å². The number of hydrogen-bond donors (Lipinski definition) is 0. The molecule has 2 aromatic carbocycles. The van der Waals surface area contributed by atoms with Gasteiger partial charge in [-0.3, -0.25) is 0 Å². The minimum atomic E-state index is 1.01. The summed E-state index contributed by atoms with van der Waals surface area (Å²) < 4.78 is 0. The monoisotopic (exact) mass is 316 g/mol. The highest BCUT2D eigenvalue weighted by Gasteiger charge is 1.95. The van der Waals surface area contributed by atoms with Gasteiger partial charge in [-0.05, 0) is 36.8 Å². The van der Waals surface area contributed by atoms with Crippen molar-refractivity contribution in [1.82, 2.24) is 0 Å². The largest absolute Gasteiger partial charge is 0.0812 e. The topological polar surface area (TPSA) is 0 Å². The third-order valence-corrected chi connectivity index (χ3v) is 3.99. The molecule has 0 spiro atoms. The quantitative estimate of drug-likeness (QED) is 0.425. The van der Waals surface area contributed by atoms with Crippen molar-refractivity contribution in [2.45, 2.75) is 39.0 Å². The van der Waals surface area contributed by atoms with Crippen LogP contribution < -0.4 is 0 Å². The highest BCUT2D eigenvalue weighted by atomic mass is 14.0. The molecule has 0 saturated heterocycles. The van der Waals surface area contributed by atoms with E-state index in [-0.39, 0.29) is 0 Å². The van der Waals surface area contributed by atoms with Gasteiger partial charge in [-0.15, -0.1) is 0 Å². The van der Waals surface area contributed by atoms with E-state index in [9.17, 15) is 0 Å². The zero-order valence-electron chi connectivity index (χ0n) is 14.7. The van der Waals surface area contributed by atoms with Crippen LogP contribution in [-0.4, -0.2) is 0 Å². The lowest BCUT2D eigenvalue weighted by Gasteiger charge is -2.03. The fourth-order valence-electron chi connectivity index (χ4n) is 2.60. The highest BCUT2D eigenvalue weighted by molar-refractivity contribution is 5.50. The standard InChI is InChI=1S/C24H28/c1-2-3-13-22(20-12-21-24-16-8-5-9-17-24)18-10-11-19-23-14-6-4-7-15-23/h4-9,11-12,14-19,21H,2-3,10,13,20H2,1H3/b19-11+,21-12+,22-18-. The average molecular weight is 316 g/mol. The summed E-state index contributed by atoms with van der Waals surface area (Å²) in [6.45, 7) is 2.26. The van der Waals surface area contributed by atoms with Gasteiger partial charge in [-0.25, -0.2) is 0 Å². The van der Waals surface area contributed by atoms with Crippen molar-refractivity contribution in [3.05, 3.63) is 95.6 Å². The van der Waals surface area contributed by atoms with E-state index in [1.54, 1.807) is 5.57 Å². The predicted octanol–water partition coefficient (Wildman–Crippen LogP) is 7.31. The van der Waals surface area contributed by atoms with Gasteiger partial charge in [0.25, 0.3) is 0 Å². The molecule has 0 unspecified atom stereocenters. The van der Waals surface area contributed by atoms with E-state index in [4.69, 9.17) is 0 Å². The Hall–Kier alpha value is -2.34. The Kier molecular flexibility index (Phi) is 8.43. The van der Waals surface area contributed by atoms with Crippen LogP contribution in [0.4, 0.5) is 0 Å². The molecule has 0 fully saturated rings. The van der Waals surface area contributed by atoms with Crippen LogP contribution in [0.1, 0.15) is 50.2 Å². The van der Waals surface area contributed by atoms with Crippen molar-refractivity contribution in [3.63, 3.8) is 0 Å². The van der Waals surface area contributed by atoms with E-state index >= 15 is 0 Å². The summed E-state index contributed by atoms with van der Waals surface area (Å²) in [6, 6.07) is 21.0. The molecule has 0 aliphatic carbocycles. The molecule has 0 aromatic heterocycles. The molecular weight excluding hydrogens is 288 g/mol. The molecule has 0 heterocycles. The van der Waals surface area contributed by atoms with Crippen LogP contribution in [0.25, 0.3) is 12.2 Å². The Morgan fingerprint density at radius 1 is 0.792 bits per heavy atom. The minimum Gasteiger partial charge on any atom is -0.0812 e. The number of allylic oxidation sites excluding steroid dienone is 4. The second-order valence-corrected chi connectivity index (χ2v) is 6.03. The summed E-state index contributed by atoms with van der Waals surface area (Å²) in [6.07, 6.45) is 17.1. The maximum absolute atomic E-state index is 2.39. The van der Waals surface area contributed by atoms with Crippen LogP contribution in [0.5, 0.6) is 0 Å². The Bertz CT molecular complexity index is 645. The molecule has 0 radical (unpaired) electrons. The van der Waals surface area contributed by atoms with Crippen molar-refractivity contribution >= 4 is 12.2 Å². The van der Waals surface area contributed by atoms with Gasteiger partial charge in [-0.2, -0.15) is 0 Å². The molecule has 2 aromatic rings. The molecule has 0 amide bonds. The van der Waals surface area contributed by atoms with Crippen molar-refractivity contribution < 1.29 is 0 Å². The molecule has 2 rings (SSSR count). The molecular formula is C24H28. The minimum absolute atomic E-state index is 1.01. The number of hydrogen-bond acceptors (Lipinski definition) is 0. The van der Waals surface area contributed by atoms with Gasteiger partial charge < -0.3 is 0 Å². The van der Waals surface area contributed by atoms with Crippen molar-refractivity contribution in [2.24, 2.45) is 0 Å². The first-order valence-corrected chi connectivity index (χ1v) is 8.99. The third-order valence-electron chi connectivity index (χ3n) is 3.99. The molecule has 0 aliphatic heterocycles. The Balaban J connectivity index is 1.89. The Labute approximate surface area is 147 Å². The molecule has 0 saturated carbocycles. The first kappa shape index (κ1) is 18.0. The fraction of sp³-hybridized carbons (Fsp3) is 0.250. The van der Waals surface area contributed by atoms with Gasteiger partial charge in [0.1, 0.15) is 0 Å². The molecule has 0 atom stereocenters. The van der Waals surface area contributed by atoms with Crippen molar-refractivity contribution in [3.8, 4) is 0 Å². The van der Waals surface area contributed by atoms with Crippen LogP contribution in [0.3, 0.4) is 0 Å². The van der Waals surface area contributed by atoms with Crippen LogP contribution in [0.15, 0.2) is 84.5 Å². The first-order chi connectivity index (χ1) is 11.9. The van der Waals surface area contributed by atoms with E-state index in [1.165, 1.54) is 30.4 Å². The van der Waals surface area contributed by atoms with Gasteiger partial charge in [0.05, 0.1) is 0 Å². The summed E-state index contributed by atoms with van der Waals surface area (Å²) >= 11 is 0. The summed E-state index contributed by atoms with van der Waals surface area (Å²) in [5.74, 6) is 0. The lowest BCUT2D eigenvalue weighted by atomic mass is 10.0. The zero-order chi connectivity index (χ0) is 16.9. The second kappa shape index (κ2) is 11.2. The van der Waals surface area contributed by atoms with E-state index in [0.29, 0.717) is 0 Å². The molecule has 0 nitrogen and oxygen atoms in total. The Morgan fingerprint density at radius 3 is 1.96 bits per heavy atom. The molecule has 0 aliphatic rings. The zero-order valence-corrected chi connectivity index (χ0v) is 14.7. The van der Waals surface area contributed by atoms with Gasteiger partial charge in [0.15, 0.2) is 0 Å². The van der Waals surface area contributed by atoms with Gasteiger partial charge in [-0.1, -0.05) is 110 Å². The average Bonchev–Trinajstić information content (AvgIpc) is 2.64. The third kappa shape index (κ3) is 7.28. The van der Waals surface area contributed by atoms with Crippen molar-refractivity contribution in [1.29, 1.82) is 0 Å². The summed E-state index contributed by atoms with van der Waals surface area (Å²) in [5, 5.41) is 0. The summed E-state index contributed by atoms with van der Waals surface area (Å²) in [5.41, 5.74) is 4.09. The van der Waals surface area contributed by atoms with E-state index < -0.39 is 0 Å². The maximum Gasteiger partial charge on any atom is -0.0135 e. The van der Waals surface area contributed by atoms with Gasteiger partial charge in [0, 0.05) is 0 Å². The molecule has 0 bridgehead atoms. The molecule has 124 valence electrons. The predicted molar refractivity (Wildman–Crippen MR) is 108 cm³/mol. The van der Waals surface area contributed by atoms with Crippen LogP contribution in [0, 0.1) is 0 Å². The maximum atomic E-state index is 2.39. The number of rotatable bonds is 9. The smallest absolute Gasteiger partial charge is 0.0135 e. The summed E-state index contributed by atoms with van der Waals surface area (Å²) in [4.78, 5) is 0. The van der Waals surface area contributed by atoms with Crippen molar-refractivity contribution in [2.75, 3.05) is 0 Å². The van der Waals surface area contributed by atoms with E-state index in [0.717, 1.165) is 12.8 Å². The van der Waals surface area contributed by atoms with Crippen LogP contribution in [0.2, 0.25) is 0 Å². The lowest BCUT2D eigenvalue weighted by Crippen LogP contribution is -1.83. The number of benzene rings is 2. The second-order valence-electron chi connectivity index (χ2n) is 6.03. The van der Waals surface area contributed by atoms with Crippen LogP contribution >= 0.6 is 0 Å². The fourth-order valence-corrected chi connectivity index (χ4v) is 2.60. The lowest BCUT2D eigenvalue weighted by molar-refractivity contribution is 0.773.